The Labute approximate surface area is 168 Å². The van der Waals surface area contributed by atoms with E-state index in [9.17, 15) is 14.7 Å². The molecule has 1 saturated heterocycles. The third kappa shape index (κ3) is 6.14. The summed E-state index contributed by atoms with van der Waals surface area (Å²) < 4.78 is 5.36. The summed E-state index contributed by atoms with van der Waals surface area (Å²) in [7, 11) is 0. The van der Waals surface area contributed by atoms with E-state index in [0.29, 0.717) is 5.75 Å². The maximum absolute atomic E-state index is 12.1. The number of aliphatic carboxylic acids is 1. The molecule has 0 aromatic heterocycles. The number of carbonyl (C=O) groups excluding carboxylic acids is 1. The lowest BCUT2D eigenvalue weighted by atomic mass is 9.74. The van der Waals surface area contributed by atoms with Crippen LogP contribution in [0.5, 0.6) is 5.75 Å². The van der Waals surface area contributed by atoms with Crippen molar-refractivity contribution >= 4 is 25.6 Å². The second kappa shape index (κ2) is 10.6. The van der Waals surface area contributed by atoms with Crippen molar-refractivity contribution in [2.75, 3.05) is 13.1 Å². The monoisotopic (exact) mass is 396 g/mol. The largest absolute Gasteiger partial charge is 0.480 e. The molecule has 1 fully saturated rings. The highest BCUT2D eigenvalue weighted by Gasteiger charge is 2.31. The molecule has 1 amide bonds. The molecular formula is C20H32N2O4S. The Morgan fingerprint density at radius 1 is 1.33 bits per heavy atom. The molecule has 0 aliphatic carbocycles. The summed E-state index contributed by atoms with van der Waals surface area (Å²) in [6.45, 7) is 7.61. The Bertz CT molecular complexity index is 628. The molecule has 0 saturated carbocycles. The minimum atomic E-state index is -1.07. The van der Waals surface area contributed by atoms with E-state index in [2.05, 4.69) is 23.6 Å². The van der Waals surface area contributed by atoms with Crippen molar-refractivity contribution in [2.24, 2.45) is 5.92 Å². The molecule has 1 aliphatic rings. The molecule has 1 heterocycles. The van der Waals surface area contributed by atoms with Crippen LogP contribution in [0.25, 0.3) is 0 Å². The zero-order chi connectivity index (χ0) is 19.2. The van der Waals surface area contributed by atoms with Gasteiger partial charge in [-0.3, -0.25) is 0 Å². The average molecular weight is 397 g/mol. The lowest BCUT2D eigenvalue weighted by molar-refractivity contribution is -0.140. The summed E-state index contributed by atoms with van der Waals surface area (Å²) in [5, 5.41) is 15.1. The van der Waals surface area contributed by atoms with E-state index < -0.39 is 18.1 Å². The molecule has 2 rings (SSSR count). The highest BCUT2D eigenvalue weighted by molar-refractivity contribution is 7.59. The second-order valence-electron chi connectivity index (χ2n) is 7.39. The Morgan fingerprint density at radius 2 is 2.07 bits per heavy atom. The van der Waals surface area contributed by atoms with Gasteiger partial charge in [0.1, 0.15) is 11.8 Å². The van der Waals surface area contributed by atoms with E-state index in [0.717, 1.165) is 31.5 Å². The first-order valence-corrected chi connectivity index (χ1v) is 9.40. The van der Waals surface area contributed by atoms with E-state index in [1.54, 1.807) is 19.9 Å². The zero-order valence-corrected chi connectivity index (χ0v) is 17.4. The topological polar surface area (TPSA) is 87.7 Å². The van der Waals surface area contributed by atoms with Crippen LogP contribution in [0.4, 0.5) is 4.79 Å². The normalized spacial score (nSPS) is 20.9. The third-order valence-corrected chi connectivity index (χ3v) is 5.26. The lowest BCUT2D eigenvalue weighted by Gasteiger charge is -2.32. The molecule has 2 atom stereocenters. The van der Waals surface area contributed by atoms with Crippen molar-refractivity contribution in [3.8, 4) is 5.75 Å². The van der Waals surface area contributed by atoms with Gasteiger partial charge in [0.25, 0.3) is 0 Å². The van der Waals surface area contributed by atoms with Crippen molar-refractivity contribution < 1.29 is 19.4 Å². The Hall–Kier alpha value is -1.73. The van der Waals surface area contributed by atoms with Crippen molar-refractivity contribution in [3.05, 3.63) is 29.8 Å². The van der Waals surface area contributed by atoms with Gasteiger partial charge in [0.2, 0.25) is 0 Å². The number of rotatable bonds is 6. The van der Waals surface area contributed by atoms with Crippen LogP contribution in [0.1, 0.15) is 52.0 Å². The predicted molar refractivity (Wildman–Crippen MR) is 111 cm³/mol. The molecule has 152 valence electrons. The van der Waals surface area contributed by atoms with E-state index >= 15 is 0 Å². The first-order valence-electron chi connectivity index (χ1n) is 9.40. The smallest absolute Gasteiger partial charge is 0.413 e. The number of hydrogen-bond acceptors (Lipinski definition) is 4. The molecule has 1 aromatic carbocycles. The van der Waals surface area contributed by atoms with Crippen LogP contribution in [-0.4, -0.2) is 36.3 Å². The van der Waals surface area contributed by atoms with Crippen LogP contribution in [0.15, 0.2) is 24.3 Å². The van der Waals surface area contributed by atoms with Crippen LogP contribution in [0.2, 0.25) is 0 Å². The molecule has 27 heavy (non-hydrogen) atoms. The SMILES string of the molecule is CCC1(c2cccc(OC(=O)N[C@H](C(=O)O)C(C)C)c2)CCCCNC1.S. The second-order valence-corrected chi connectivity index (χ2v) is 7.39. The summed E-state index contributed by atoms with van der Waals surface area (Å²) in [6.07, 6.45) is 3.70. The van der Waals surface area contributed by atoms with Gasteiger partial charge in [-0.25, -0.2) is 9.59 Å². The van der Waals surface area contributed by atoms with Crippen LogP contribution < -0.4 is 15.4 Å². The summed E-state index contributed by atoms with van der Waals surface area (Å²) >= 11 is 0. The minimum absolute atomic E-state index is 0. The average Bonchev–Trinajstić information content (AvgIpc) is 2.86. The maximum Gasteiger partial charge on any atom is 0.413 e. The fraction of sp³-hybridized carbons (Fsp3) is 0.600. The van der Waals surface area contributed by atoms with Gasteiger partial charge in [0.05, 0.1) is 0 Å². The van der Waals surface area contributed by atoms with Gasteiger partial charge >= 0.3 is 12.1 Å². The fourth-order valence-electron chi connectivity index (χ4n) is 3.55. The van der Waals surface area contributed by atoms with Gasteiger partial charge in [-0.05, 0) is 49.4 Å². The number of carbonyl (C=O) groups is 2. The molecule has 1 aliphatic heterocycles. The number of nitrogens with one attached hydrogen (secondary N) is 2. The first-order chi connectivity index (χ1) is 12.4. The number of carboxylic acids is 1. The summed E-state index contributed by atoms with van der Waals surface area (Å²) in [6, 6.07) is 6.62. The van der Waals surface area contributed by atoms with Crippen LogP contribution in [-0.2, 0) is 10.2 Å². The van der Waals surface area contributed by atoms with Gasteiger partial charge < -0.3 is 20.5 Å². The Balaban J connectivity index is 0.00000364. The van der Waals surface area contributed by atoms with Crippen molar-refractivity contribution in [3.63, 3.8) is 0 Å². The molecule has 7 heteroatoms. The molecule has 0 spiro atoms. The van der Waals surface area contributed by atoms with Crippen molar-refractivity contribution in [1.82, 2.24) is 10.6 Å². The molecule has 0 bridgehead atoms. The van der Waals surface area contributed by atoms with E-state index in [1.165, 1.54) is 12.8 Å². The lowest BCUT2D eigenvalue weighted by Crippen LogP contribution is -2.45. The third-order valence-electron chi connectivity index (χ3n) is 5.26. The standard InChI is InChI=1S/C20H30N2O4.H2S/c1-4-20(10-5-6-11-21-13-20)15-8-7-9-16(12-15)26-19(25)22-17(14(2)3)18(23)24;/h7-9,12,14,17,21H,4-6,10-11,13H2,1-3H3,(H,22,25)(H,23,24);1H2/t17-,20?;/m0./s1. The summed E-state index contributed by atoms with van der Waals surface area (Å²) in [4.78, 5) is 23.3. The van der Waals surface area contributed by atoms with Gasteiger partial charge in [-0.1, -0.05) is 39.3 Å². The predicted octanol–water partition coefficient (Wildman–Crippen LogP) is 3.42. The number of carboxylic acid groups (broad SMARTS) is 1. The number of amides is 1. The Morgan fingerprint density at radius 3 is 2.70 bits per heavy atom. The van der Waals surface area contributed by atoms with E-state index in [-0.39, 0.29) is 24.8 Å². The molecular weight excluding hydrogens is 364 g/mol. The highest BCUT2D eigenvalue weighted by Crippen LogP contribution is 2.35. The van der Waals surface area contributed by atoms with Gasteiger partial charge in [0, 0.05) is 12.0 Å². The van der Waals surface area contributed by atoms with Crippen LogP contribution in [0, 0.1) is 5.92 Å². The van der Waals surface area contributed by atoms with Crippen molar-refractivity contribution in [2.45, 2.75) is 57.9 Å². The number of hydrogen-bond donors (Lipinski definition) is 3. The Kier molecular flexibility index (Phi) is 9.12. The summed E-state index contributed by atoms with van der Waals surface area (Å²) in [5.74, 6) is -0.864. The van der Waals surface area contributed by atoms with E-state index in [1.807, 2.05) is 12.1 Å². The molecule has 0 radical (unpaired) electrons. The van der Waals surface area contributed by atoms with Crippen LogP contribution >= 0.6 is 13.5 Å². The van der Waals surface area contributed by atoms with E-state index in [4.69, 9.17) is 4.74 Å². The first kappa shape index (κ1) is 23.3. The van der Waals surface area contributed by atoms with Gasteiger partial charge in [-0.15, -0.1) is 0 Å². The molecule has 3 N–H and O–H groups in total. The fourth-order valence-corrected chi connectivity index (χ4v) is 3.55. The zero-order valence-electron chi connectivity index (χ0n) is 16.4. The maximum atomic E-state index is 12.1. The molecule has 6 nitrogen and oxygen atoms in total. The summed E-state index contributed by atoms with van der Waals surface area (Å²) in [5.41, 5.74) is 1.19. The highest BCUT2D eigenvalue weighted by atomic mass is 32.1. The minimum Gasteiger partial charge on any atom is -0.480 e. The number of ether oxygens (including phenoxy) is 1. The van der Waals surface area contributed by atoms with Crippen LogP contribution in [0.3, 0.4) is 0 Å². The van der Waals surface area contributed by atoms with Crippen molar-refractivity contribution in [1.29, 1.82) is 0 Å². The van der Waals surface area contributed by atoms with Gasteiger partial charge in [-0.2, -0.15) is 13.5 Å². The molecule has 1 aromatic rings. The van der Waals surface area contributed by atoms with Gasteiger partial charge in [0.15, 0.2) is 0 Å². The molecule has 1 unspecified atom stereocenters. The number of benzene rings is 1. The quantitative estimate of drug-likeness (QED) is 0.686.